The molecule has 0 aromatic carbocycles. The van der Waals surface area contributed by atoms with Crippen molar-refractivity contribution in [1.82, 2.24) is 0 Å². The van der Waals surface area contributed by atoms with Crippen LogP contribution in [0.1, 0.15) is 106 Å². The molecule has 0 radical (unpaired) electrons. The van der Waals surface area contributed by atoms with Gasteiger partial charge in [0.1, 0.15) is 0 Å². The van der Waals surface area contributed by atoms with Gasteiger partial charge in [-0.25, -0.2) is 4.18 Å². The van der Waals surface area contributed by atoms with E-state index in [1.54, 1.807) is 0 Å². The predicted octanol–water partition coefficient (Wildman–Crippen LogP) is 7.44. The fourth-order valence-electron chi connectivity index (χ4n) is 8.81. The summed E-state index contributed by atoms with van der Waals surface area (Å²) >= 11 is 0. The van der Waals surface area contributed by atoms with Crippen LogP contribution in [0, 0.1) is 40.4 Å². The number of allylic oxidation sites excluding steroid dienone is 4. The molecule has 0 aromatic heterocycles. The zero-order chi connectivity index (χ0) is 27.3. The summed E-state index contributed by atoms with van der Waals surface area (Å²) in [5, 5.41) is 11.8. The maximum Gasteiger partial charge on any atom is 0.397 e. The molecule has 1 saturated carbocycles. The largest absolute Gasteiger partial charge is 0.397 e. The van der Waals surface area contributed by atoms with Gasteiger partial charge in [0.05, 0.1) is 12.2 Å². The van der Waals surface area contributed by atoms with Crippen molar-refractivity contribution in [1.29, 1.82) is 0 Å². The monoisotopic (exact) mass is 534 g/mol. The molecule has 0 spiro atoms. The van der Waals surface area contributed by atoms with Crippen LogP contribution in [0.15, 0.2) is 34.9 Å². The van der Waals surface area contributed by atoms with Crippen LogP contribution in [0.3, 0.4) is 0 Å². The minimum absolute atomic E-state index is 0.0141. The summed E-state index contributed by atoms with van der Waals surface area (Å²) in [4.78, 5) is 0. The number of hydrogen-bond donors (Lipinski definition) is 2. The normalized spacial score (nSPS) is 38.6. The molecule has 4 aliphatic carbocycles. The molecule has 4 aliphatic rings. The SMILES string of the molecule is C=C(CC[C@@H](C)CC1CC=C2C3=C([C@@H](O)C[C@@]21C)[C@@]1(C)CC[C@H](OS(=O)(=O)O)C(CC)C1CC3)C(C)C. The fourth-order valence-corrected chi connectivity index (χ4v) is 9.36. The first-order chi connectivity index (χ1) is 17.2. The van der Waals surface area contributed by atoms with Crippen molar-refractivity contribution in [2.45, 2.75) is 118 Å². The zero-order valence-corrected chi connectivity index (χ0v) is 24.7. The van der Waals surface area contributed by atoms with Gasteiger partial charge in [0, 0.05) is 0 Å². The van der Waals surface area contributed by atoms with Crippen LogP contribution >= 0.6 is 0 Å². The maximum atomic E-state index is 11.8. The third-order valence-electron chi connectivity index (χ3n) is 11.0. The number of aliphatic hydroxyl groups excluding tert-OH is 1. The van der Waals surface area contributed by atoms with Gasteiger partial charge in [0.2, 0.25) is 0 Å². The highest BCUT2D eigenvalue weighted by atomic mass is 32.3. The summed E-state index contributed by atoms with van der Waals surface area (Å²) in [5.74, 6) is 2.02. The molecule has 2 N–H and O–H groups in total. The average molecular weight is 535 g/mol. The summed E-state index contributed by atoms with van der Waals surface area (Å²) in [6.07, 6.45) is 10.9. The van der Waals surface area contributed by atoms with Crippen LogP contribution in [-0.4, -0.2) is 30.3 Å². The standard InChI is InChI=1S/C31H50O5S/c1-8-23-25-14-12-24-26-13-11-22(17-20(4)9-10-21(5)19(2)3)31(26,7)18-27(32)29(24)30(25,6)16-15-28(23)36-37(33,34)35/h13,19-20,22-23,25,27-28,32H,5,8-12,14-18H2,1-4,6-7H3,(H,33,34,35)/t20-,22?,23?,25?,27+,28+,30+,31-/m1/s1. The Kier molecular flexibility index (Phi) is 8.28. The highest BCUT2D eigenvalue weighted by molar-refractivity contribution is 7.80. The molecule has 0 bridgehead atoms. The highest BCUT2D eigenvalue weighted by Gasteiger charge is 2.57. The van der Waals surface area contributed by atoms with Crippen LogP contribution < -0.4 is 0 Å². The Morgan fingerprint density at radius 2 is 1.92 bits per heavy atom. The molecule has 37 heavy (non-hydrogen) atoms. The average Bonchev–Trinajstić information content (AvgIpc) is 3.11. The molecule has 1 fully saturated rings. The highest BCUT2D eigenvalue weighted by Crippen LogP contribution is 2.65. The Hall–Kier alpha value is -0.950. The van der Waals surface area contributed by atoms with E-state index in [4.69, 9.17) is 4.18 Å². The summed E-state index contributed by atoms with van der Waals surface area (Å²) in [6.45, 7) is 17.9. The van der Waals surface area contributed by atoms with E-state index in [2.05, 4.69) is 54.2 Å². The predicted molar refractivity (Wildman–Crippen MR) is 149 cm³/mol. The molecular formula is C31H50O5S. The summed E-state index contributed by atoms with van der Waals surface area (Å²) in [6, 6.07) is 0. The van der Waals surface area contributed by atoms with Crippen LogP contribution in [0.2, 0.25) is 0 Å². The Morgan fingerprint density at radius 1 is 1.22 bits per heavy atom. The molecule has 0 aromatic rings. The minimum atomic E-state index is -4.48. The van der Waals surface area contributed by atoms with E-state index in [1.165, 1.54) is 35.1 Å². The second-order valence-electron chi connectivity index (χ2n) is 13.5. The van der Waals surface area contributed by atoms with E-state index in [0.29, 0.717) is 24.2 Å². The van der Waals surface area contributed by atoms with Gasteiger partial charge in [-0.1, -0.05) is 66.2 Å². The quantitative estimate of drug-likeness (QED) is 0.237. The molecule has 210 valence electrons. The third kappa shape index (κ3) is 5.42. The lowest BCUT2D eigenvalue weighted by Gasteiger charge is -2.57. The number of hydrogen-bond acceptors (Lipinski definition) is 4. The summed E-state index contributed by atoms with van der Waals surface area (Å²) in [5.41, 5.74) is 5.29. The van der Waals surface area contributed by atoms with E-state index in [1.807, 2.05) is 0 Å². The molecule has 3 unspecified atom stereocenters. The molecule has 0 amide bonds. The third-order valence-corrected chi connectivity index (χ3v) is 11.5. The molecular weight excluding hydrogens is 484 g/mol. The van der Waals surface area contributed by atoms with Crippen molar-refractivity contribution in [3.8, 4) is 0 Å². The van der Waals surface area contributed by atoms with E-state index < -0.39 is 22.6 Å². The lowest BCUT2D eigenvalue weighted by Crippen LogP contribution is -2.52. The minimum Gasteiger partial charge on any atom is -0.389 e. The maximum absolute atomic E-state index is 11.8. The second-order valence-corrected chi connectivity index (χ2v) is 14.6. The van der Waals surface area contributed by atoms with Crippen LogP contribution in [0.4, 0.5) is 0 Å². The van der Waals surface area contributed by atoms with Crippen molar-refractivity contribution in [3.05, 3.63) is 34.9 Å². The van der Waals surface area contributed by atoms with Gasteiger partial charge < -0.3 is 5.11 Å². The van der Waals surface area contributed by atoms with E-state index in [-0.39, 0.29) is 22.7 Å². The molecule has 5 nitrogen and oxygen atoms in total. The number of rotatable bonds is 9. The van der Waals surface area contributed by atoms with Gasteiger partial charge in [0.25, 0.3) is 0 Å². The first-order valence-corrected chi connectivity index (χ1v) is 16.0. The van der Waals surface area contributed by atoms with E-state index in [9.17, 15) is 18.1 Å². The van der Waals surface area contributed by atoms with Gasteiger partial charge in [0.15, 0.2) is 0 Å². The van der Waals surface area contributed by atoms with Gasteiger partial charge in [-0.3, -0.25) is 4.55 Å². The fraction of sp³-hybridized carbons (Fsp3) is 0.806. The van der Waals surface area contributed by atoms with Gasteiger partial charge in [-0.2, -0.15) is 8.42 Å². The topological polar surface area (TPSA) is 83.8 Å². The van der Waals surface area contributed by atoms with E-state index in [0.717, 1.165) is 44.9 Å². The van der Waals surface area contributed by atoms with Crippen molar-refractivity contribution in [3.63, 3.8) is 0 Å². The lowest BCUT2D eigenvalue weighted by molar-refractivity contribution is -0.0402. The lowest BCUT2D eigenvalue weighted by atomic mass is 9.49. The van der Waals surface area contributed by atoms with Gasteiger partial charge in [-0.05, 0) is 115 Å². The number of aliphatic hydroxyl groups is 1. The summed E-state index contributed by atoms with van der Waals surface area (Å²) < 4.78 is 37.6. The van der Waals surface area contributed by atoms with Crippen LogP contribution in [-0.2, 0) is 14.6 Å². The Bertz CT molecular complexity index is 1060. The molecule has 0 heterocycles. The first kappa shape index (κ1) is 29.0. The molecule has 0 aliphatic heterocycles. The second kappa shape index (κ2) is 10.6. The van der Waals surface area contributed by atoms with Gasteiger partial charge >= 0.3 is 10.4 Å². The van der Waals surface area contributed by atoms with Crippen molar-refractivity contribution < 1.29 is 22.3 Å². The smallest absolute Gasteiger partial charge is 0.389 e. The van der Waals surface area contributed by atoms with Gasteiger partial charge in [-0.15, -0.1) is 0 Å². The zero-order valence-electron chi connectivity index (χ0n) is 23.9. The van der Waals surface area contributed by atoms with Crippen LogP contribution in [0.5, 0.6) is 0 Å². The van der Waals surface area contributed by atoms with Crippen molar-refractivity contribution in [2.24, 2.45) is 40.4 Å². The molecule has 6 heteroatoms. The van der Waals surface area contributed by atoms with Crippen molar-refractivity contribution in [2.75, 3.05) is 0 Å². The Balaban J connectivity index is 1.55. The first-order valence-electron chi connectivity index (χ1n) is 14.7. The molecule has 8 atom stereocenters. The molecule has 0 saturated heterocycles. The Labute approximate surface area is 225 Å². The number of fused-ring (bicyclic) bond motifs is 4. The molecule has 4 rings (SSSR count). The van der Waals surface area contributed by atoms with Crippen molar-refractivity contribution >= 4 is 10.4 Å². The van der Waals surface area contributed by atoms with Crippen LogP contribution in [0.25, 0.3) is 0 Å². The Morgan fingerprint density at radius 3 is 2.54 bits per heavy atom. The summed E-state index contributed by atoms with van der Waals surface area (Å²) in [7, 11) is -4.48. The van der Waals surface area contributed by atoms with E-state index >= 15 is 0 Å².